The van der Waals surface area contributed by atoms with Gasteiger partial charge in [-0.1, -0.05) is 13.0 Å². The Morgan fingerprint density at radius 3 is 2.79 bits per heavy atom. The fraction of sp³-hybridized carbons (Fsp3) is 0.429. The first-order valence-corrected chi connectivity index (χ1v) is 7.50. The molecule has 0 saturated carbocycles. The second-order valence-electron chi connectivity index (χ2n) is 4.37. The van der Waals surface area contributed by atoms with E-state index in [1.54, 1.807) is 11.3 Å². The summed E-state index contributed by atoms with van der Waals surface area (Å²) in [5.41, 5.74) is 0.967. The molecule has 19 heavy (non-hydrogen) atoms. The molecule has 0 aromatic carbocycles. The van der Waals surface area contributed by atoms with Gasteiger partial charge in [-0.25, -0.2) is 4.98 Å². The van der Waals surface area contributed by atoms with Gasteiger partial charge in [0.1, 0.15) is 5.82 Å². The largest absolute Gasteiger partial charge is 0.362 e. The van der Waals surface area contributed by atoms with Gasteiger partial charge in [0.25, 0.3) is 0 Å². The second-order valence-corrected chi connectivity index (χ2v) is 5.35. The Kier molecular flexibility index (Phi) is 4.74. The van der Waals surface area contributed by atoms with E-state index >= 15 is 0 Å². The number of aromatic nitrogens is 2. The van der Waals surface area contributed by atoms with Crippen LogP contribution in [-0.2, 0) is 0 Å². The van der Waals surface area contributed by atoms with Crippen molar-refractivity contribution in [3.8, 4) is 0 Å². The topological polar surface area (TPSA) is 49.8 Å². The predicted molar refractivity (Wildman–Crippen MR) is 81.9 cm³/mol. The molecule has 1 unspecified atom stereocenters. The third-order valence-electron chi connectivity index (χ3n) is 2.81. The van der Waals surface area contributed by atoms with Crippen molar-refractivity contribution in [3.05, 3.63) is 34.2 Å². The number of hydrogen-bond acceptors (Lipinski definition) is 5. The Balaban J connectivity index is 2.17. The molecular formula is C14H20N4S. The molecule has 0 spiro atoms. The molecule has 0 aliphatic heterocycles. The van der Waals surface area contributed by atoms with Gasteiger partial charge in [0.05, 0.1) is 6.04 Å². The maximum atomic E-state index is 4.49. The number of aryl methyl sites for hydroxylation is 1. The summed E-state index contributed by atoms with van der Waals surface area (Å²) < 4.78 is 0. The summed E-state index contributed by atoms with van der Waals surface area (Å²) in [5.74, 6) is 1.56. The average Bonchev–Trinajstić information content (AvgIpc) is 2.89. The van der Waals surface area contributed by atoms with Gasteiger partial charge in [-0.2, -0.15) is 4.98 Å². The maximum absolute atomic E-state index is 4.49. The molecule has 4 nitrogen and oxygen atoms in total. The van der Waals surface area contributed by atoms with Crippen LogP contribution in [0.3, 0.4) is 0 Å². The van der Waals surface area contributed by atoms with E-state index in [1.807, 2.05) is 19.9 Å². The molecule has 102 valence electrons. The van der Waals surface area contributed by atoms with Gasteiger partial charge in [0.15, 0.2) is 0 Å². The highest BCUT2D eigenvalue weighted by atomic mass is 32.1. The fourth-order valence-corrected chi connectivity index (χ4v) is 2.78. The molecular weight excluding hydrogens is 256 g/mol. The van der Waals surface area contributed by atoms with Gasteiger partial charge in [0, 0.05) is 23.2 Å². The maximum Gasteiger partial charge on any atom is 0.224 e. The molecule has 0 aliphatic carbocycles. The minimum absolute atomic E-state index is 0.309. The van der Waals surface area contributed by atoms with Crippen molar-refractivity contribution in [3.63, 3.8) is 0 Å². The molecule has 0 fully saturated rings. The van der Waals surface area contributed by atoms with E-state index in [1.165, 1.54) is 4.88 Å². The summed E-state index contributed by atoms with van der Waals surface area (Å²) in [6.45, 7) is 7.03. The van der Waals surface area contributed by atoms with E-state index in [2.05, 4.69) is 45.0 Å². The molecule has 0 amide bonds. The van der Waals surface area contributed by atoms with Crippen LogP contribution in [0.1, 0.15) is 36.9 Å². The Labute approximate surface area is 118 Å². The van der Waals surface area contributed by atoms with Gasteiger partial charge in [0.2, 0.25) is 5.95 Å². The first-order chi connectivity index (χ1) is 9.22. The molecule has 0 bridgehead atoms. The SMILES string of the molecule is CCNc1nc(C)cc(NC(CC)c2cccs2)n1. The van der Waals surface area contributed by atoms with Crippen LogP contribution < -0.4 is 10.6 Å². The highest BCUT2D eigenvalue weighted by molar-refractivity contribution is 7.10. The number of nitrogens with zero attached hydrogens (tertiary/aromatic N) is 2. The number of thiophene rings is 1. The summed E-state index contributed by atoms with van der Waals surface area (Å²) >= 11 is 1.77. The average molecular weight is 276 g/mol. The van der Waals surface area contributed by atoms with E-state index in [4.69, 9.17) is 0 Å². The lowest BCUT2D eigenvalue weighted by Crippen LogP contribution is -2.11. The highest BCUT2D eigenvalue weighted by Gasteiger charge is 2.11. The lowest BCUT2D eigenvalue weighted by molar-refractivity contribution is 0.757. The van der Waals surface area contributed by atoms with Gasteiger partial charge >= 0.3 is 0 Å². The molecule has 0 radical (unpaired) electrons. The Bertz CT molecular complexity index is 510. The highest BCUT2D eigenvalue weighted by Crippen LogP contribution is 2.25. The van der Waals surface area contributed by atoms with Crippen LogP contribution in [0.15, 0.2) is 23.6 Å². The number of hydrogen-bond donors (Lipinski definition) is 2. The summed E-state index contributed by atoms with van der Waals surface area (Å²) in [5, 5.41) is 8.75. The van der Waals surface area contributed by atoms with Crippen molar-refractivity contribution in [1.82, 2.24) is 9.97 Å². The van der Waals surface area contributed by atoms with Crippen molar-refractivity contribution in [2.24, 2.45) is 0 Å². The first-order valence-electron chi connectivity index (χ1n) is 6.62. The zero-order valence-electron chi connectivity index (χ0n) is 11.6. The molecule has 0 aliphatic rings. The zero-order valence-corrected chi connectivity index (χ0v) is 12.4. The van der Waals surface area contributed by atoms with E-state index < -0.39 is 0 Å². The van der Waals surface area contributed by atoms with Crippen molar-refractivity contribution in [2.45, 2.75) is 33.2 Å². The van der Waals surface area contributed by atoms with Crippen LogP contribution in [0, 0.1) is 6.92 Å². The van der Waals surface area contributed by atoms with Crippen molar-refractivity contribution < 1.29 is 0 Å². The number of nitrogens with one attached hydrogen (secondary N) is 2. The van der Waals surface area contributed by atoms with Crippen LogP contribution >= 0.6 is 11.3 Å². The summed E-state index contributed by atoms with van der Waals surface area (Å²) in [6.07, 6.45) is 1.03. The summed E-state index contributed by atoms with van der Waals surface area (Å²) in [4.78, 5) is 10.2. The standard InChI is InChI=1S/C14H20N4S/c1-4-11(12-7-6-8-19-12)17-13-9-10(3)16-14(18-13)15-5-2/h6-9,11H,4-5H2,1-3H3,(H2,15,16,17,18). The molecule has 0 saturated heterocycles. The second kappa shape index (κ2) is 6.52. The van der Waals surface area contributed by atoms with E-state index in [0.29, 0.717) is 12.0 Å². The van der Waals surface area contributed by atoms with Gasteiger partial charge in [-0.15, -0.1) is 11.3 Å². The molecule has 2 aromatic rings. The lowest BCUT2D eigenvalue weighted by Gasteiger charge is -2.17. The Morgan fingerprint density at radius 2 is 2.16 bits per heavy atom. The summed E-state index contributed by atoms with van der Waals surface area (Å²) in [6, 6.07) is 6.53. The van der Waals surface area contributed by atoms with Crippen molar-refractivity contribution in [2.75, 3.05) is 17.2 Å². The third kappa shape index (κ3) is 3.67. The predicted octanol–water partition coefficient (Wildman–Crippen LogP) is 3.84. The smallest absolute Gasteiger partial charge is 0.224 e. The van der Waals surface area contributed by atoms with Crippen LogP contribution in [0.2, 0.25) is 0 Å². The fourth-order valence-electron chi connectivity index (χ4n) is 1.92. The Morgan fingerprint density at radius 1 is 1.32 bits per heavy atom. The monoisotopic (exact) mass is 276 g/mol. The first kappa shape index (κ1) is 13.8. The third-order valence-corrected chi connectivity index (χ3v) is 3.79. The van der Waals surface area contributed by atoms with Crippen LogP contribution in [0.25, 0.3) is 0 Å². The normalized spacial score (nSPS) is 12.2. The minimum atomic E-state index is 0.309. The van der Waals surface area contributed by atoms with Gasteiger partial charge in [-0.3, -0.25) is 0 Å². The lowest BCUT2D eigenvalue weighted by atomic mass is 10.2. The van der Waals surface area contributed by atoms with Gasteiger partial charge < -0.3 is 10.6 Å². The quantitative estimate of drug-likeness (QED) is 0.841. The zero-order chi connectivity index (χ0) is 13.7. The summed E-state index contributed by atoms with van der Waals surface area (Å²) in [7, 11) is 0. The van der Waals surface area contributed by atoms with Gasteiger partial charge in [-0.05, 0) is 31.7 Å². The van der Waals surface area contributed by atoms with Crippen LogP contribution in [0.4, 0.5) is 11.8 Å². The van der Waals surface area contributed by atoms with E-state index in [-0.39, 0.29) is 0 Å². The molecule has 2 heterocycles. The molecule has 2 rings (SSSR count). The van der Waals surface area contributed by atoms with Crippen LogP contribution in [-0.4, -0.2) is 16.5 Å². The van der Waals surface area contributed by atoms with Crippen molar-refractivity contribution in [1.29, 1.82) is 0 Å². The molecule has 1 atom stereocenters. The number of anilines is 2. The molecule has 2 aromatic heterocycles. The minimum Gasteiger partial charge on any atom is -0.362 e. The van der Waals surface area contributed by atoms with E-state index in [0.717, 1.165) is 24.5 Å². The molecule has 2 N–H and O–H groups in total. The Hall–Kier alpha value is -1.62. The van der Waals surface area contributed by atoms with Crippen molar-refractivity contribution >= 4 is 23.1 Å². The van der Waals surface area contributed by atoms with Crippen LogP contribution in [0.5, 0.6) is 0 Å². The molecule has 5 heteroatoms. The van der Waals surface area contributed by atoms with E-state index in [9.17, 15) is 0 Å². The number of rotatable bonds is 6.